The molecule has 0 aromatic heterocycles. The number of hydrogen-bond donors (Lipinski definition) is 2. The number of fused-ring (bicyclic) bond motifs is 1. The smallest absolute Gasteiger partial charge is 0.399 e. The molecule has 0 radical (unpaired) electrons. The zero-order valence-electron chi connectivity index (χ0n) is 11.0. The summed E-state index contributed by atoms with van der Waals surface area (Å²) in [6.45, 7) is -1.85. The van der Waals surface area contributed by atoms with Crippen LogP contribution in [-0.2, 0) is 16.0 Å². The van der Waals surface area contributed by atoms with Crippen LogP contribution in [0.1, 0.15) is 12.0 Å². The predicted octanol–water partition coefficient (Wildman–Crippen LogP) is 1.23. The van der Waals surface area contributed by atoms with Gasteiger partial charge in [0.25, 0.3) is 0 Å². The maximum Gasteiger partial charge on any atom is 0.405 e. The first-order chi connectivity index (χ1) is 9.76. The van der Waals surface area contributed by atoms with Crippen molar-refractivity contribution in [1.82, 2.24) is 5.32 Å². The topological polar surface area (TPSA) is 75.4 Å². The van der Waals surface area contributed by atoms with E-state index in [0.717, 1.165) is 5.56 Å². The Hall–Kier alpha value is -2.25. The SMILES string of the molecule is Nc1ccc2c(c1)CCC(=O)N2CC(=O)NCC(F)(F)F. The summed E-state index contributed by atoms with van der Waals surface area (Å²) in [5, 5.41) is 1.75. The average molecular weight is 301 g/mol. The fourth-order valence-corrected chi connectivity index (χ4v) is 2.15. The van der Waals surface area contributed by atoms with Gasteiger partial charge in [0.15, 0.2) is 0 Å². The Morgan fingerprint density at radius 2 is 2.05 bits per heavy atom. The highest BCUT2D eigenvalue weighted by molar-refractivity contribution is 6.01. The molecule has 0 fully saturated rings. The second-order valence-electron chi connectivity index (χ2n) is 4.76. The van der Waals surface area contributed by atoms with Gasteiger partial charge in [-0.1, -0.05) is 0 Å². The number of amides is 2. The van der Waals surface area contributed by atoms with Crippen LogP contribution in [0.3, 0.4) is 0 Å². The Balaban J connectivity index is 2.09. The molecule has 0 saturated carbocycles. The van der Waals surface area contributed by atoms with Crippen LogP contribution in [0.4, 0.5) is 24.5 Å². The highest BCUT2D eigenvalue weighted by Crippen LogP contribution is 2.29. The lowest BCUT2D eigenvalue weighted by Crippen LogP contribution is -2.45. The average Bonchev–Trinajstić information content (AvgIpc) is 2.39. The fourth-order valence-electron chi connectivity index (χ4n) is 2.15. The monoisotopic (exact) mass is 301 g/mol. The molecule has 0 spiro atoms. The molecule has 0 aliphatic carbocycles. The van der Waals surface area contributed by atoms with Crippen LogP contribution in [0.25, 0.3) is 0 Å². The molecule has 0 unspecified atom stereocenters. The maximum atomic E-state index is 12.0. The Kier molecular flexibility index (Phi) is 4.06. The van der Waals surface area contributed by atoms with E-state index in [4.69, 9.17) is 5.73 Å². The fraction of sp³-hybridized carbons (Fsp3) is 0.385. The van der Waals surface area contributed by atoms with Gasteiger partial charge in [0, 0.05) is 17.8 Å². The van der Waals surface area contributed by atoms with E-state index in [9.17, 15) is 22.8 Å². The normalized spacial score (nSPS) is 14.8. The van der Waals surface area contributed by atoms with Gasteiger partial charge in [0.05, 0.1) is 0 Å². The quantitative estimate of drug-likeness (QED) is 0.824. The van der Waals surface area contributed by atoms with Crippen molar-refractivity contribution in [3.05, 3.63) is 23.8 Å². The number of nitrogens with zero attached hydrogens (tertiary/aromatic N) is 1. The summed E-state index contributed by atoms with van der Waals surface area (Å²) in [6.07, 6.45) is -3.78. The van der Waals surface area contributed by atoms with Gasteiger partial charge in [0.2, 0.25) is 11.8 Å². The lowest BCUT2D eigenvalue weighted by molar-refractivity contribution is -0.138. The highest BCUT2D eigenvalue weighted by Gasteiger charge is 2.30. The molecule has 1 aromatic carbocycles. The molecule has 114 valence electrons. The summed E-state index contributed by atoms with van der Waals surface area (Å²) >= 11 is 0. The first-order valence-electron chi connectivity index (χ1n) is 6.28. The molecule has 0 saturated heterocycles. The van der Waals surface area contributed by atoms with Gasteiger partial charge < -0.3 is 16.0 Å². The largest absolute Gasteiger partial charge is 0.405 e. The number of nitrogens with one attached hydrogen (secondary N) is 1. The third-order valence-corrected chi connectivity index (χ3v) is 3.09. The third-order valence-electron chi connectivity index (χ3n) is 3.09. The Bertz CT molecular complexity index is 572. The molecule has 0 bridgehead atoms. The molecule has 3 N–H and O–H groups in total. The summed E-state index contributed by atoms with van der Waals surface area (Å²) < 4.78 is 36.1. The maximum absolute atomic E-state index is 12.0. The molecule has 0 atom stereocenters. The zero-order chi connectivity index (χ0) is 15.6. The van der Waals surface area contributed by atoms with Crippen LogP contribution in [-0.4, -0.2) is 31.1 Å². The summed E-state index contributed by atoms with van der Waals surface area (Å²) in [5.74, 6) is -1.15. The molecule has 1 aromatic rings. The Labute approximate surface area is 118 Å². The summed E-state index contributed by atoms with van der Waals surface area (Å²) in [5.41, 5.74) is 7.50. The summed E-state index contributed by atoms with van der Waals surface area (Å²) in [7, 11) is 0. The number of hydrogen-bond acceptors (Lipinski definition) is 3. The number of rotatable bonds is 3. The number of anilines is 2. The van der Waals surface area contributed by atoms with Crippen LogP contribution in [0.2, 0.25) is 0 Å². The van der Waals surface area contributed by atoms with Gasteiger partial charge in [-0.3, -0.25) is 9.59 Å². The van der Waals surface area contributed by atoms with Gasteiger partial charge in [-0.25, -0.2) is 0 Å². The van der Waals surface area contributed by atoms with Gasteiger partial charge >= 0.3 is 6.18 Å². The minimum Gasteiger partial charge on any atom is -0.399 e. The van der Waals surface area contributed by atoms with Gasteiger partial charge in [0.1, 0.15) is 13.1 Å². The van der Waals surface area contributed by atoms with Crippen LogP contribution in [0, 0.1) is 0 Å². The number of carbonyl (C=O) groups excluding carboxylic acids is 2. The van der Waals surface area contributed by atoms with E-state index >= 15 is 0 Å². The number of halogens is 3. The minimum absolute atomic E-state index is 0.197. The molecular formula is C13H14F3N3O2. The lowest BCUT2D eigenvalue weighted by Gasteiger charge is -2.29. The number of nitrogen functional groups attached to an aromatic ring is 1. The van der Waals surface area contributed by atoms with Gasteiger partial charge in [-0.15, -0.1) is 0 Å². The van der Waals surface area contributed by atoms with Crippen LogP contribution in [0.5, 0.6) is 0 Å². The van der Waals surface area contributed by atoms with E-state index in [2.05, 4.69) is 0 Å². The van der Waals surface area contributed by atoms with Crippen molar-refractivity contribution < 1.29 is 22.8 Å². The second-order valence-corrected chi connectivity index (χ2v) is 4.76. The van der Waals surface area contributed by atoms with E-state index in [1.54, 1.807) is 23.5 Å². The van der Waals surface area contributed by atoms with Crippen molar-refractivity contribution in [2.75, 3.05) is 23.7 Å². The molecule has 21 heavy (non-hydrogen) atoms. The Morgan fingerprint density at radius 1 is 1.33 bits per heavy atom. The molecule has 8 heteroatoms. The number of benzene rings is 1. The summed E-state index contributed by atoms with van der Waals surface area (Å²) in [4.78, 5) is 24.6. The molecular weight excluding hydrogens is 287 g/mol. The van der Waals surface area contributed by atoms with Gasteiger partial charge in [-0.05, 0) is 30.2 Å². The van der Waals surface area contributed by atoms with Gasteiger partial charge in [-0.2, -0.15) is 13.2 Å². The van der Waals surface area contributed by atoms with Crippen molar-refractivity contribution in [2.45, 2.75) is 19.0 Å². The number of aryl methyl sites for hydroxylation is 1. The van der Waals surface area contributed by atoms with Crippen molar-refractivity contribution in [3.8, 4) is 0 Å². The lowest BCUT2D eigenvalue weighted by atomic mass is 10.0. The highest BCUT2D eigenvalue weighted by atomic mass is 19.4. The van der Waals surface area contributed by atoms with E-state index < -0.39 is 25.2 Å². The number of alkyl halides is 3. The Morgan fingerprint density at radius 3 is 2.71 bits per heavy atom. The molecule has 1 aliphatic rings. The van der Waals surface area contributed by atoms with E-state index in [0.29, 0.717) is 17.8 Å². The summed E-state index contributed by atoms with van der Waals surface area (Å²) in [6, 6.07) is 4.87. The molecule has 1 heterocycles. The molecule has 2 rings (SSSR count). The van der Waals surface area contributed by atoms with E-state index in [1.165, 1.54) is 4.90 Å². The standard InChI is InChI=1S/C13H14F3N3O2/c14-13(15,16)7-18-11(20)6-19-10-3-2-9(17)5-8(10)1-4-12(19)21/h2-3,5H,1,4,6-7,17H2,(H,18,20). The first kappa shape index (κ1) is 15.1. The van der Waals surface area contributed by atoms with Crippen LogP contribution in [0.15, 0.2) is 18.2 Å². The van der Waals surface area contributed by atoms with Crippen LogP contribution < -0.4 is 16.0 Å². The second kappa shape index (κ2) is 5.63. The van der Waals surface area contributed by atoms with E-state index in [-0.39, 0.29) is 12.3 Å². The number of nitrogens with two attached hydrogens (primary N) is 1. The molecule has 1 aliphatic heterocycles. The number of carbonyl (C=O) groups is 2. The van der Waals surface area contributed by atoms with Crippen molar-refractivity contribution >= 4 is 23.2 Å². The first-order valence-corrected chi connectivity index (χ1v) is 6.28. The van der Waals surface area contributed by atoms with Crippen molar-refractivity contribution in [3.63, 3.8) is 0 Å². The molecule has 5 nitrogen and oxygen atoms in total. The van der Waals surface area contributed by atoms with E-state index in [1.807, 2.05) is 0 Å². The van der Waals surface area contributed by atoms with Crippen molar-refractivity contribution in [2.24, 2.45) is 0 Å². The molecule has 2 amide bonds. The zero-order valence-corrected chi connectivity index (χ0v) is 11.0. The minimum atomic E-state index is -4.48. The van der Waals surface area contributed by atoms with Crippen molar-refractivity contribution in [1.29, 1.82) is 0 Å². The van der Waals surface area contributed by atoms with Crippen LogP contribution >= 0.6 is 0 Å². The predicted molar refractivity (Wildman–Crippen MR) is 70.6 cm³/mol. The third kappa shape index (κ3) is 3.87.